The predicted molar refractivity (Wildman–Crippen MR) is 75.0 cm³/mol. The molecule has 2 aliphatic rings. The van der Waals surface area contributed by atoms with E-state index >= 15 is 0 Å². The number of carbonyl (C=O) groups is 1. The van der Waals surface area contributed by atoms with E-state index < -0.39 is 0 Å². The van der Waals surface area contributed by atoms with E-state index in [9.17, 15) is 9.90 Å². The minimum atomic E-state index is -0.170. The normalized spacial score (nSPS) is 35.4. The molecule has 19 heavy (non-hydrogen) atoms. The molecule has 2 rings (SSSR count). The molecular weight excluding hydrogens is 242 g/mol. The first-order chi connectivity index (χ1) is 9.04. The summed E-state index contributed by atoms with van der Waals surface area (Å²) >= 11 is 0. The fraction of sp³-hybridized carbons (Fsp3) is 0.929. The van der Waals surface area contributed by atoms with Gasteiger partial charge in [-0.25, -0.2) is 4.79 Å². The summed E-state index contributed by atoms with van der Waals surface area (Å²) in [5.41, 5.74) is 0. The number of amides is 2. The first kappa shape index (κ1) is 14.6. The van der Waals surface area contributed by atoms with Gasteiger partial charge in [0, 0.05) is 18.1 Å². The van der Waals surface area contributed by atoms with E-state index in [2.05, 4.69) is 29.6 Å². The van der Waals surface area contributed by atoms with Gasteiger partial charge in [-0.2, -0.15) is 0 Å². The van der Waals surface area contributed by atoms with Crippen molar-refractivity contribution in [1.82, 2.24) is 15.5 Å². The van der Waals surface area contributed by atoms with E-state index in [0.29, 0.717) is 12.1 Å². The van der Waals surface area contributed by atoms with Gasteiger partial charge in [-0.1, -0.05) is 0 Å². The summed E-state index contributed by atoms with van der Waals surface area (Å²) in [4.78, 5) is 14.2. The van der Waals surface area contributed by atoms with Crippen molar-refractivity contribution in [3.8, 4) is 0 Å². The van der Waals surface area contributed by atoms with Crippen molar-refractivity contribution in [2.24, 2.45) is 0 Å². The second-order valence-corrected chi connectivity index (χ2v) is 6.25. The molecule has 0 heterocycles. The maximum atomic E-state index is 11.9. The molecule has 5 heteroatoms. The third-order valence-corrected chi connectivity index (χ3v) is 4.50. The lowest BCUT2D eigenvalue weighted by atomic mass is 9.93. The number of hydrogen-bond donors (Lipinski definition) is 3. The van der Waals surface area contributed by atoms with Crippen LogP contribution in [-0.2, 0) is 0 Å². The average molecular weight is 269 g/mol. The minimum Gasteiger partial charge on any atom is -0.393 e. The van der Waals surface area contributed by atoms with Gasteiger partial charge in [0.15, 0.2) is 0 Å². The largest absolute Gasteiger partial charge is 0.393 e. The second-order valence-electron chi connectivity index (χ2n) is 6.25. The van der Waals surface area contributed by atoms with Gasteiger partial charge >= 0.3 is 6.03 Å². The number of aliphatic hydroxyl groups is 1. The van der Waals surface area contributed by atoms with Crippen LogP contribution in [0.15, 0.2) is 0 Å². The maximum absolute atomic E-state index is 11.9. The zero-order valence-corrected chi connectivity index (χ0v) is 12.1. The zero-order valence-electron chi connectivity index (χ0n) is 12.1. The predicted octanol–water partition coefficient (Wildman–Crippen LogP) is 1.07. The Morgan fingerprint density at radius 1 is 1.00 bits per heavy atom. The molecule has 0 aromatic rings. The van der Waals surface area contributed by atoms with Crippen molar-refractivity contribution < 1.29 is 9.90 Å². The Labute approximate surface area is 115 Å². The van der Waals surface area contributed by atoms with E-state index in [0.717, 1.165) is 44.9 Å². The summed E-state index contributed by atoms with van der Waals surface area (Å²) in [5.74, 6) is 0. The second kappa shape index (κ2) is 6.57. The highest BCUT2D eigenvalue weighted by Gasteiger charge is 2.28. The van der Waals surface area contributed by atoms with Crippen LogP contribution in [0.2, 0.25) is 0 Å². The quantitative estimate of drug-likeness (QED) is 0.718. The van der Waals surface area contributed by atoms with Gasteiger partial charge in [-0.15, -0.1) is 0 Å². The van der Waals surface area contributed by atoms with Crippen molar-refractivity contribution >= 4 is 6.03 Å². The van der Waals surface area contributed by atoms with Crippen molar-refractivity contribution in [2.75, 3.05) is 14.1 Å². The van der Waals surface area contributed by atoms with E-state index in [1.165, 1.54) is 0 Å². The fourth-order valence-electron chi connectivity index (χ4n) is 3.19. The molecular formula is C14H27N3O2. The van der Waals surface area contributed by atoms with Crippen LogP contribution < -0.4 is 10.6 Å². The van der Waals surface area contributed by atoms with Gasteiger partial charge < -0.3 is 20.6 Å². The fourth-order valence-corrected chi connectivity index (χ4v) is 3.19. The third-order valence-electron chi connectivity index (χ3n) is 4.50. The van der Waals surface area contributed by atoms with Gasteiger partial charge in [-0.3, -0.25) is 0 Å². The number of aliphatic hydroxyl groups excluding tert-OH is 1. The van der Waals surface area contributed by atoms with Crippen LogP contribution in [-0.4, -0.2) is 54.4 Å². The Morgan fingerprint density at radius 3 is 2.16 bits per heavy atom. The van der Waals surface area contributed by atoms with E-state index in [4.69, 9.17) is 0 Å². The lowest BCUT2D eigenvalue weighted by Crippen LogP contribution is -2.47. The van der Waals surface area contributed by atoms with E-state index in [-0.39, 0.29) is 18.2 Å². The lowest BCUT2D eigenvalue weighted by Gasteiger charge is -2.27. The highest BCUT2D eigenvalue weighted by Crippen LogP contribution is 2.22. The third kappa shape index (κ3) is 4.35. The van der Waals surface area contributed by atoms with E-state index in [1.54, 1.807) is 0 Å². The number of urea groups is 1. The molecule has 2 unspecified atom stereocenters. The van der Waals surface area contributed by atoms with Gasteiger partial charge in [0.05, 0.1) is 6.10 Å². The van der Waals surface area contributed by atoms with Crippen LogP contribution >= 0.6 is 0 Å². The molecule has 2 saturated carbocycles. The Morgan fingerprint density at radius 2 is 1.58 bits per heavy atom. The average Bonchev–Trinajstić information content (AvgIpc) is 2.80. The van der Waals surface area contributed by atoms with Crippen LogP contribution in [0.1, 0.15) is 44.9 Å². The van der Waals surface area contributed by atoms with Crippen LogP contribution in [0.3, 0.4) is 0 Å². The summed E-state index contributed by atoms with van der Waals surface area (Å²) in [6.07, 6.45) is 6.49. The molecule has 0 aromatic carbocycles. The van der Waals surface area contributed by atoms with Crippen LogP contribution in [0.4, 0.5) is 4.79 Å². The zero-order chi connectivity index (χ0) is 13.8. The minimum absolute atomic E-state index is 0.0363. The monoisotopic (exact) mass is 269 g/mol. The standard InChI is InChI=1S/C14H27N3O2/c1-17(2)12-6-3-11(9-12)16-14(19)15-10-4-7-13(18)8-5-10/h10-13,18H,3-9H2,1-2H3,(H2,15,16,19). The smallest absolute Gasteiger partial charge is 0.315 e. The van der Waals surface area contributed by atoms with Crippen molar-refractivity contribution in [3.63, 3.8) is 0 Å². The first-order valence-corrected chi connectivity index (χ1v) is 7.46. The summed E-state index contributed by atoms with van der Waals surface area (Å²) < 4.78 is 0. The number of hydrogen-bond acceptors (Lipinski definition) is 3. The number of carbonyl (C=O) groups excluding carboxylic acids is 1. The van der Waals surface area contributed by atoms with Crippen molar-refractivity contribution in [2.45, 2.75) is 69.2 Å². The molecule has 0 radical (unpaired) electrons. The Hall–Kier alpha value is -0.810. The van der Waals surface area contributed by atoms with Crippen LogP contribution in [0.25, 0.3) is 0 Å². The highest BCUT2D eigenvalue weighted by molar-refractivity contribution is 5.74. The Balaban J connectivity index is 1.67. The molecule has 0 saturated heterocycles. The number of rotatable bonds is 3. The molecule has 0 aliphatic heterocycles. The highest BCUT2D eigenvalue weighted by atomic mass is 16.3. The molecule has 0 bridgehead atoms. The van der Waals surface area contributed by atoms with Crippen molar-refractivity contribution in [3.05, 3.63) is 0 Å². The maximum Gasteiger partial charge on any atom is 0.315 e. The summed E-state index contributed by atoms with van der Waals surface area (Å²) in [7, 11) is 4.20. The Bertz CT molecular complexity index is 301. The molecule has 0 aromatic heterocycles. The molecule has 2 fully saturated rings. The van der Waals surface area contributed by atoms with Crippen LogP contribution in [0, 0.1) is 0 Å². The molecule has 2 atom stereocenters. The van der Waals surface area contributed by atoms with Crippen LogP contribution in [0.5, 0.6) is 0 Å². The van der Waals surface area contributed by atoms with Gasteiger partial charge in [0.2, 0.25) is 0 Å². The molecule has 110 valence electrons. The lowest BCUT2D eigenvalue weighted by molar-refractivity contribution is 0.117. The summed E-state index contributed by atoms with van der Waals surface area (Å²) in [6.45, 7) is 0. The summed E-state index contributed by atoms with van der Waals surface area (Å²) in [6, 6.07) is 1.09. The molecule has 3 N–H and O–H groups in total. The first-order valence-electron chi connectivity index (χ1n) is 7.46. The van der Waals surface area contributed by atoms with E-state index in [1.807, 2.05) is 0 Å². The molecule has 2 amide bonds. The Kier molecular flexibility index (Phi) is 5.05. The number of nitrogens with zero attached hydrogens (tertiary/aromatic N) is 1. The molecule has 5 nitrogen and oxygen atoms in total. The van der Waals surface area contributed by atoms with Gasteiger partial charge in [-0.05, 0) is 59.0 Å². The van der Waals surface area contributed by atoms with Gasteiger partial charge in [0.25, 0.3) is 0 Å². The molecule has 2 aliphatic carbocycles. The number of nitrogens with one attached hydrogen (secondary N) is 2. The summed E-state index contributed by atoms with van der Waals surface area (Å²) in [5, 5.41) is 15.6. The SMILES string of the molecule is CN(C)C1CCC(NC(=O)NC2CCC(O)CC2)C1. The molecule has 0 spiro atoms. The van der Waals surface area contributed by atoms with Crippen molar-refractivity contribution in [1.29, 1.82) is 0 Å². The topological polar surface area (TPSA) is 64.6 Å². The van der Waals surface area contributed by atoms with Gasteiger partial charge in [0.1, 0.15) is 0 Å².